The van der Waals surface area contributed by atoms with Gasteiger partial charge in [0.15, 0.2) is 11.6 Å². The average molecular weight is 272 g/mol. The second-order valence-electron chi connectivity index (χ2n) is 5.31. The Kier molecular flexibility index (Phi) is 7.65. The topological polar surface area (TPSA) is 34.1 Å². The molecular formula is C18H24O2. The molecule has 20 heavy (non-hydrogen) atoms. The van der Waals surface area contributed by atoms with Crippen LogP contribution in [0.2, 0.25) is 0 Å². The van der Waals surface area contributed by atoms with Crippen LogP contribution in [0.25, 0.3) is 0 Å². The molecule has 0 aromatic carbocycles. The highest BCUT2D eigenvalue weighted by Crippen LogP contribution is 2.23. The van der Waals surface area contributed by atoms with Gasteiger partial charge < -0.3 is 0 Å². The minimum Gasteiger partial charge on any atom is -0.294 e. The summed E-state index contributed by atoms with van der Waals surface area (Å²) in [5.74, 6) is 5.39. The molecule has 0 bridgehead atoms. The first-order chi connectivity index (χ1) is 9.61. The molecule has 0 aliphatic heterocycles. The van der Waals surface area contributed by atoms with Crippen molar-refractivity contribution < 1.29 is 9.59 Å². The molecule has 1 fully saturated rings. The van der Waals surface area contributed by atoms with Crippen LogP contribution in [0.3, 0.4) is 0 Å². The van der Waals surface area contributed by atoms with Gasteiger partial charge in [0.1, 0.15) is 0 Å². The molecule has 1 rings (SSSR count). The Labute approximate surface area is 122 Å². The molecule has 0 N–H and O–H groups in total. The van der Waals surface area contributed by atoms with Crippen LogP contribution in [0.15, 0.2) is 23.3 Å². The first kappa shape index (κ1) is 16.4. The summed E-state index contributed by atoms with van der Waals surface area (Å²) in [5, 5.41) is 0. The zero-order valence-electron chi connectivity index (χ0n) is 12.6. The lowest BCUT2D eigenvalue weighted by Gasteiger charge is -2.12. The monoisotopic (exact) mass is 272 g/mol. The lowest BCUT2D eigenvalue weighted by molar-refractivity contribution is -0.119. The van der Waals surface area contributed by atoms with E-state index in [1.807, 2.05) is 0 Å². The predicted octanol–water partition coefficient (Wildman–Crippen LogP) is 4.16. The summed E-state index contributed by atoms with van der Waals surface area (Å²) in [4.78, 5) is 22.3. The maximum Gasteiger partial charge on any atom is 0.164 e. The molecule has 2 nitrogen and oxygen atoms in total. The van der Waals surface area contributed by atoms with Crippen LogP contribution in [-0.4, -0.2) is 11.6 Å². The summed E-state index contributed by atoms with van der Waals surface area (Å²) >= 11 is 0. The zero-order chi connectivity index (χ0) is 14.8. The maximum absolute atomic E-state index is 11.2. The summed E-state index contributed by atoms with van der Waals surface area (Å²) in [7, 11) is 0. The summed E-state index contributed by atoms with van der Waals surface area (Å²) in [5.41, 5.74) is 1.81. The van der Waals surface area contributed by atoms with Crippen molar-refractivity contribution in [3.8, 4) is 11.8 Å². The minimum absolute atomic E-state index is 0.196. The third kappa shape index (κ3) is 6.52. The summed E-state index contributed by atoms with van der Waals surface area (Å²) in [6.07, 6.45) is 13.4. The molecule has 0 aromatic heterocycles. The molecule has 2 heteroatoms. The number of carbonyl (C=O) groups is 2. The molecule has 1 aliphatic carbocycles. The Morgan fingerprint density at radius 2 is 1.75 bits per heavy atom. The second-order valence-corrected chi connectivity index (χ2v) is 5.31. The lowest BCUT2D eigenvalue weighted by Crippen LogP contribution is -2.05. The molecule has 0 saturated heterocycles. The number of allylic oxidation sites excluding steroid dienone is 4. The Morgan fingerprint density at radius 3 is 2.35 bits per heavy atom. The van der Waals surface area contributed by atoms with Gasteiger partial charge in [-0.1, -0.05) is 29.9 Å². The first-order valence-electron chi connectivity index (χ1n) is 7.49. The van der Waals surface area contributed by atoms with Crippen LogP contribution in [-0.2, 0) is 9.59 Å². The van der Waals surface area contributed by atoms with Crippen molar-refractivity contribution in [3.63, 3.8) is 0 Å². The molecule has 108 valence electrons. The number of unbranched alkanes of at least 4 members (excludes halogenated alkanes) is 2. The van der Waals surface area contributed by atoms with Gasteiger partial charge in [0.25, 0.3) is 0 Å². The van der Waals surface area contributed by atoms with E-state index in [0.717, 1.165) is 19.3 Å². The van der Waals surface area contributed by atoms with Gasteiger partial charge in [0.2, 0.25) is 0 Å². The fourth-order valence-electron chi connectivity index (χ4n) is 2.35. The molecule has 0 aromatic rings. The highest BCUT2D eigenvalue weighted by Gasteiger charge is 2.07. The van der Waals surface area contributed by atoms with Gasteiger partial charge in [-0.2, -0.15) is 0 Å². The van der Waals surface area contributed by atoms with Crippen molar-refractivity contribution in [1.29, 1.82) is 0 Å². The van der Waals surface area contributed by atoms with E-state index in [2.05, 4.69) is 17.9 Å². The van der Waals surface area contributed by atoms with Gasteiger partial charge in [-0.05, 0) is 52.4 Å². The fraction of sp³-hybridized carbons (Fsp3) is 0.556. The van der Waals surface area contributed by atoms with Gasteiger partial charge in [-0.25, -0.2) is 0 Å². The van der Waals surface area contributed by atoms with Crippen LogP contribution < -0.4 is 0 Å². The van der Waals surface area contributed by atoms with Crippen molar-refractivity contribution in [3.05, 3.63) is 23.3 Å². The number of ketones is 2. The molecule has 0 spiro atoms. The summed E-state index contributed by atoms with van der Waals surface area (Å²) in [6.45, 7) is 2.79. The Balaban J connectivity index is 2.30. The quantitative estimate of drug-likeness (QED) is 0.188. The second kappa shape index (κ2) is 9.31. The van der Waals surface area contributed by atoms with E-state index in [9.17, 15) is 9.59 Å². The Bertz CT molecular complexity index is 445. The largest absolute Gasteiger partial charge is 0.294 e. The van der Waals surface area contributed by atoms with E-state index in [4.69, 9.17) is 0 Å². The van der Waals surface area contributed by atoms with Gasteiger partial charge in [0, 0.05) is 12.5 Å². The van der Waals surface area contributed by atoms with Crippen molar-refractivity contribution in [1.82, 2.24) is 0 Å². The molecule has 0 heterocycles. The van der Waals surface area contributed by atoms with Crippen LogP contribution in [0, 0.1) is 11.8 Å². The van der Waals surface area contributed by atoms with E-state index in [0.29, 0.717) is 0 Å². The summed E-state index contributed by atoms with van der Waals surface area (Å²) < 4.78 is 0. The highest BCUT2D eigenvalue weighted by atomic mass is 16.1. The van der Waals surface area contributed by atoms with E-state index >= 15 is 0 Å². The smallest absolute Gasteiger partial charge is 0.164 e. The molecular weight excluding hydrogens is 248 g/mol. The number of hydrogen-bond donors (Lipinski definition) is 0. The van der Waals surface area contributed by atoms with Crippen molar-refractivity contribution in [2.75, 3.05) is 0 Å². The van der Waals surface area contributed by atoms with E-state index < -0.39 is 0 Å². The van der Waals surface area contributed by atoms with E-state index in [1.165, 1.54) is 52.0 Å². The average Bonchev–Trinajstić information content (AvgIpc) is 2.42. The molecule has 0 radical (unpaired) electrons. The Hall–Kier alpha value is -1.62. The maximum atomic E-state index is 11.2. The lowest BCUT2D eigenvalue weighted by atomic mass is 9.94. The van der Waals surface area contributed by atoms with E-state index in [1.54, 1.807) is 5.57 Å². The van der Waals surface area contributed by atoms with Crippen molar-refractivity contribution >= 4 is 11.6 Å². The fourth-order valence-corrected chi connectivity index (χ4v) is 2.35. The van der Waals surface area contributed by atoms with Gasteiger partial charge in [0.05, 0.1) is 5.57 Å². The SMILES string of the molecule is CC(=O)C(=CC#CCCCC=C1CCCCC1)C(C)=O. The van der Waals surface area contributed by atoms with Crippen molar-refractivity contribution in [2.24, 2.45) is 0 Å². The van der Waals surface area contributed by atoms with Gasteiger partial charge in [-0.3, -0.25) is 9.59 Å². The van der Waals surface area contributed by atoms with Crippen LogP contribution in [0.1, 0.15) is 65.2 Å². The zero-order valence-corrected chi connectivity index (χ0v) is 12.6. The third-order valence-corrected chi connectivity index (χ3v) is 3.51. The van der Waals surface area contributed by atoms with Crippen LogP contribution >= 0.6 is 0 Å². The highest BCUT2D eigenvalue weighted by molar-refractivity contribution is 6.18. The molecule has 0 unspecified atom stereocenters. The standard InChI is InChI=1S/C18H24O2/c1-15(19)18(16(2)20)14-10-5-3-4-7-11-17-12-8-6-9-13-17/h11,14H,3-4,6-9,12-13H2,1-2H3. The van der Waals surface area contributed by atoms with Crippen LogP contribution in [0.5, 0.6) is 0 Å². The number of carbonyl (C=O) groups excluding carboxylic acids is 2. The van der Waals surface area contributed by atoms with Gasteiger partial charge in [-0.15, -0.1) is 0 Å². The number of Topliss-reactive ketones (excluding diaryl/α,β-unsaturated/α-hetero) is 2. The van der Waals surface area contributed by atoms with Gasteiger partial charge >= 0.3 is 0 Å². The molecule has 1 aliphatic rings. The molecule has 0 amide bonds. The number of hydrogen-bond acceptors (Lipinski definition) is 2. The third-order valence-electron chi connectivity index (χ3n) is 3.51. The summed E-state index contributed by atoms with van der Waals surface area (Å²) in [6, 6.07) is 0. The normalized spacial score (nSPS) is 14.0. The Morgan fingerprint density at radius 1 is 1.10 bits per heavy atom. The predicted molar refractivity (Wildman–Crippen MR) is 82.2 cm³/mol. The first-order valence-corrected chi connectivity index (χ1v) is 7.49. The number of rotatable bonds is 5. The molecule has 1 saturated carbocycles. The van der Waals surface area contributed by atoms with E-state index in [-0.39, 0.29) is 17.1 Å². The van der Waals surface area contributed by atoms with Crippen LogP contribution in [0.4, 0.5) is 0 Å². The molecule has 0 atom stereocenters. The minimum atomic E-state index is -0.214. The van der Waals surface area contributed by atoms with Crippen molar-refractivity contribution in [2.45, 2.75) is 65.2 Å².